The first-order chi connectivity index (χ1) is 19.7. The van der Waals surface area contributed by atoms with Gasteiger partial charge in [-0.15, -0.1) is 0 Å². The van der Waals surface area contributed by atoms with Crippen LogP contribution in [-0.2, 0) is 25.6 Å². The van der Waals surface area contributed by atoms with Gasteiger partial charge in [-0.05, 0) is 62.3 Å². The Morgan fingerprint density at radius 1 is 1.07 bits per heavy atom. The topological polar surface area (TPSA) is 217 Å². The number of thioether (sulfide) groups is 1. The lowest BCUT2D eigenvalue weighted by molar-refractivity contribution is -0.142. The maximum atomic E-state index is 13.5. The van der Waals surface area contributed by atoms with Crippen molar-refractivity contribution in [3.63, 3.8) is 0 Å². The Labute approximate surface area is 243 Å². The number of hydrogen-bond donors (Lipinski definition) is 8. The molecule has 3 amide bonds. The standard InChI is InChI=1S/C27H40N8O5S/c1-41-13-10-20(33-23(36)19-8-4-11-30-19)24(37)35-22(14-16-15-32-18-7-3-2-6-17(16)18)25(38)34-21(26(39)40)9-5-12-31-27(28)29/h2-3,6-7,15,19-22,30,32H,4-5,8-14H2,1H3,(H,33,36)(H,34,38)(H,35,37)(H,39,40)(H4,28,29,31). The summed E-state index contributed by atoms with van der Waals surface area (Å²) in [5, 5.41) is 21.9. The van der Waals surface area contributed by atoms with Crippen LogP contribution in [0.1, 0.15) is 37.7 Å². The predicted molar refractivity (Wildman–Crippen MR) is 159 cm³/mol. The second-order valence-corrected chi connectivity index (χ2v) is 11.0. The number of carbonyl (C=O) groups is 4. The molecule has 14 heteroatoms. The molecule has 0 aliphatic carbocycles. The van der Waals surface area contributed by atoms with Crippen molar-refractivity contribution in [2.45, 2.75) is 62.7 Å². The first-order valence-electron chi connectivity index (χ1n) is 13.7. The fourth-order valence-electron chi connectivity index (χ4n) is 4.72. The summed E-state index contributed by atoms with van der Waals surface area (Å²) in [6, 6.07) is 4.03. The third kappa shape index (κ3) is 9.67. The second kappa shape index (κ2) is 15.9. The van der Waals surface area contributed by atoms with Gasteiger partial charge >= 0.3 is 5.97 Å². The molecule has 3 rings (SSSR count). The van der Waals surface area contributed by atoms with E-state index in [2.05, 4.69) is 31.2 Å². The van der Waals surface area contributed by atoms with E-state index in [0.717, 1.165) is 29.4 Å². The van der Waals surface area contributed by atoms with Gasteiger partial charge in [0.1, 0.15) is 18.1 Å². The number of aromatic amines is 1. The monoisotopic (exact) mass is 588 g/mol. The van der Waals surface area contributed by atoms with E-state index < -0.39 is 35.9 Å². The zero-order chi connectivity index (χ0) is 29.8. The quantitative estimate of drug-likeness (QED) is 0.0739. The molecule has 1 aliphatic rings. The van der Waals surface area contributed by atoms with E-state index in [1.54, 1.807) is 6.20 Å². The highest BCUT2D eigenvalue weighted by Crippen LogP contribution is 2.19. The minimum atomic E-state index is -1.21. The van der Waals surface area contributed by atoms with E-state index in [-0.39, 0.29) is 37.3 Å². The van der Waals surface area contributed by atoms with Crippen LogP contribution in [0.5, 0.6) is 0 Å². The summed E-state index contributed by atoms with van der Waals surface area (Å²) in [5.41, 5.74) is 12.3. The summed E-state index contributed by atoms with van der Waals surface area (Å²) in [5.74, 6) is -2.11. The number of para-hydroxylation sites is 1. The van der Waals surface area contributed by atoms with Gasteiger partial charge in [-0.3, -0.25) is 19.4 Å². The van der Waals surface area contributed by atoms with E-state index in [1.165, 1.54) is 11.8 Å². The zero-order valence-corrected chi connectivity index (χ0v) is 24.0. The SMILES string of the molecule is CSCCC(NC(=O)C1CCCN1)C(=O)NC(Cc1c[nH]c2ccccc12)C(=O)NC(CCCN=C(N)N)C(=O)O. The number of fused-ring (bicyclic) bond motifs is 1. The van der Waals surface area contributed by atoms with Crippen LogP contribution in [0.4, 0.5) is 0 Å². The number of guanidine groups is 1. The number of carbonyl (C=O) groups excluding carboxylic acids is 3. The summed E-state index contributed by atoms with van der Waals surface area (Å²) in [6.45, 7) is 0.952. The largest absolute Gasteiger partial charge is 0.480 e. The lowest BCUT2D eigenvalue weighted by atomic mass is 10.0. The number of rotatable bonds is 16. The molecule has 0 saturated carbocycles. The van der Waals surface area contributed by atoms with Crippen LogP contribution in [0.3, 0.4) is 0 Å². The molecule has 0 radical (unpaired) electrons. The highest BCUT2D eigenvalue weighted by molar-refractivity contribution is 7.98. The highest BCUT2D eigenvalue weighted by Gasteiger charge is 2.31. The minimum absolute atomic E-state index is 0.0897. The van der Waals surface area contributed by atoms with Gasteiger partial charge in [0.25, 0.3) is 0 Å². The maximum Gasteiger partial charge on any atom is 0.326 e. The van der Waals surface area contributed by atoms with Crippen molar-refractivity contribution in [1.29, 1.82) is 0 Å². The molecule has 0 spiro atoms. The van der Waals surface area contributed by atoms with Gasteiger partial charge in [0.2, 0.25) is 17.7 Å². The average molecular weight is 589 g/mol. The second-order valence-electron chi connectivity index (χ2n) is 9.96. The maximum absolute atomic E-state index is 13.5. The number of amides is 3. The predicted octanol–water partition coefficient (Wildman–Crippen LogP) is -0.192. The van der Waals surface area contributed by atoms with Crippen LogP contribution in [0.25, 0.3) is 10.9 Å². The molecule has 224 valence electrons. The van der Waals surface area contributed by atoms with Crippen molar-refractivity contribution in [3.8, 4) is 0 Å². The molecule has 13 nitrogen and oxygen atoms in total. The van der Waals surface area contributed by atoms with Crippen LogP contribution in [0.15, 0.2) is 35.5 Å². The molecule has 4 atom stereocenters. The fourth-order valence-corrected chi connectivity index (χ4v) is 5.19. The minimum Gasteiger partial charge on any atom is -0.480 e. The summed E-state index contributed by atoms with van der Waals surface area (Å²) in [6.07, 6.45) is 6.13. The summed E-state index contributed by atoms with van der Waals surface area (Å²) in [4.78, 5) is 58.7. The molecule has 1 fully saturated rings. The number of benzene rings is 1. The van der Waals surface area contributed by atoms with Gasteiger partial charge in [0, 0.05) is 30.1 Å². The van der Waals surface area contributed by atoms with Crippen LogP contribution in [-0.4, -0.2) is 89.0 Å². The van der Waals surface area contributed by atoms with Crippen molar-refractivity contribution in [2.75, 3.05) is 25.1 Å². The Hall–Kier alpha value is -3.78. The Bertz CT molecular complexity index is 1230. The summed E-state index contributed by atoms with van der Waals surface area (Å²) < 4.78 is 0. The average Bonchev–Trinajstić information content (AvgIpc) is 3.62. The van der Waals surface area contributed by atoms with Crippen molar-refractivity contribution in [3.05, 3.63) is 36.0 Å². The number of carboxylic acid groups (broad SMARTS) is 1. The number of hydrogen-bond acceptors (Lipinski definition) is 7. The van der Waals surface area contributed by atoms with Crippen molar-refractivity contribution in [1.82, 2.24) is 26.3 Å². The van der Waals surface area contributed by atoms with Crippen molar-refractivity contribution < 1.29 is 24.3 Å². The number of aliphatic carboxylic acids is 1. The van der Waals surface area contributed by atoms with E-state index in [9.17, 15) is 24.3 Å². The van der Waals surface area contributed by atoms with Gasteiger partial charge in [-0.25, -0.2) is 4.79 Å². The Balaban J connectivity index is 1.79. The third-order valence-corrected chi connectivity index (χ3v) is 7.56. The van der Waals surface area contributed by atoms with Gasteiger partial charge in [-0.1, -0.05) is 18.2 Å². The Kier molecular flexibility index (Phi) is 12.3. The van der Waals surface area contributed by atoms with E-state index in [4.69, 9.17) is 11.5 Å². The van der Waals surface area contributed by atoms with Gasteiger partial charge in [0.05, 0.1) is 6.04 Å². The molecule has 41 heavy (non-hydrogen) atoms. The van der Waals surface area contributed by atoms with Gasteiger partial charge < -0.3 is 42.8 Å². The molecular weight excluding hydrogens is 548 g/mol. The number of aliphatic imine (C=N–C) groups is 1. The Morgan fingerprint density at radius 2 is 1.80 bits per heavy atom. The lowest BCUT2D eigenvalue weighted by Crippen LogP contribution is -2.57. The number of nitrogens with one attached hydrogen (secondary N) is 5. The molecule has 1 saturated heterocycles. The van der Waals surface area contributed by atoms with Crippen molar-refractivity contribution >= 4 is 52.3 Å². The van der Waals surface area contributed by atoms with E-state index in [0.29, 0.717) is 25.0 Å². The van der Waals surface area contributed by atoms with E-state index in [1.807, 2.05) is 30.5 Å². The first-order valence-corrected chi connectivity index (χ1v) is 15.1. The Morgan fingerprint density at radius 3 is 2.49 bits per heavy atom. The molecular formula is C27H40N8O5S. The molecule has 2 heterocycles. The zero-order valence-electron chi connectivity index (χ0n) is 23.2. The highest BCUT2D eigenvalue weighted by atomic mass is 32.2. The van der Waals surface area contributed by atoms with Crippen LogP contribution >= 0.6 is 11.8 Å². The van der Waals surface area contributed by atoms with Crippen LogP contribution in [0.2, 0.25) is 0 Å². The fraction of sp³-hybridized carbons (Fsp3) is 0.519. The normalized spacial score (nSPS) is 16.9. The van der Waals surface area contributed by atoms with Crippen LogP contribution < -0.4 is 32.7 Å². The molecule has 1 aromatic carbocycles. The van der Waals surface area contributed by atoms with E-state index >= 15 is 0 Å². The smallest absolute Gasteiger partial charge is 0.326 e. The number of nitrogens with two attached hydrogens (primary N) is 2. The number of carboxylic acids is 1. The molecule has 4 unspecified atom stereocenters. The van der Waals surface area contributed by atoms with Gasteiger partial charge in [-0.2, -0.15) is 11.8 Å². The number of H-pyrrole nitrogens is 1. The van der Waals surface area contributed by atoms with Crippen molar-refractivity contribution in [2.24, 2.45) is 16.5 Å². The molecule has 1 aliphatic heterocycles. The molecule has 10 N–H and O–H groups in total. The third-order valence-electron chi connectivity index (χ3n) is 6.91. The first kappa shape index (κ1) is 31.7. The summed E-state index contributed by atoms with van der Waals surface area (Å²) >= 11 is 1.54. The van der Waals surface area contributed by atoms with Crippen LogP contribution in [0, 0.1) is 0 Å². The molecule has 0 bridgehead atoms. The molecule has 2 aromatic rings. The van der Waals surface area contributed by atoms with Gasteiger partial charge in [0.15, 0.2) is 5.96 Å². The lowest BCUT2D eigenvalue weighted by Gasteiger charge is -2.25. The molecule has 1 aromatic heterocycles. The number of nitrogens with zero attached hydrogens (tertiary/aromatic N) is 1. The number of aromatic nitrogens is 1. The summed E-state index contributed by atoms with van der Waals surface area (Å²) in [7, 11) is 0.